The number of hydrogen-bond acceptors (Lipinski definition) is 21. The number of rotatable bonds is 13. The molecule has 0 radical (unpaired) electrons. The Bertz CT molecular complexity index is 5880. The van der Waals surface area contributed by atoms with Gasteiger partial charge >= 0.3 is 18.3 Å². The van der Waals surface area contributed by atoms with Gasteiger partial charge in [0.15, 0.2) is 15.5 Å². The van der Waals surface area contributed by atoms with Gasteiger partial charge in [-0.05, 0) is 266 Å². The van der Waals surface area contributed by atoms with E-state index in [1.54, 1.807) is 120 Å². The van der Waals surface area contributed by atoms with Crippen LogP contribution in [0, 0.1) is 116 Å². The molecule has 750 valence electrons. The number of aliphatic hydroxyl groups excluding tert-OH is 2. The lowest BCUT2D eigenvalue weighted by Gasteiger charge is -2.37. The Hall–Kier alpha value is -9.86. The lowest BCUT2D eigenvalue weighted by atomic mass is 9.69. The fourth-order valence-electron chi connectivity index (χ4n) is 24.3. The standard InChI is InChI=1S/C30H30FNO3S.C19H24FN3O4S.C19H26FN3O2S.C14H17FN2S.C14H17FO.C13H18FNO/c1-19-14-20(17-33)30(15-19,26-12-6-7-13-27(26)31)16-28(36)32-29(34)35-18-25-23-10-4-2-8-21(23)22-9-3-5-11-24(22)25;1-11-7-12-10-28-16(21-17(24)27-18(2,3)4)22-19(12,9-11)14-8-13(23(25)26)5-6-15(14)20;1-11-7-12-10-26-16(22-17(24)25-18(2,3)4)23-19(12,9-11)14-8-13(21)5-6-15(14)20;1-9-6-10-8-18-13(16)17-14(10,7-9)11-4-2-3-5-12(11)15;1-10-6-11-8-16-9-14(11,7-10)12-4-2-3-5-13(12)15;1-9-6-10(8-16)13(15,7-9)11-4-2-3-5-12(11)14/h2-13,19-20,25,33H,14-18H2,1H3,(H,32,34,36);5-6,8,11-12H,7,9-10H2,1-4H3,(H,21,22,24);5-6,8,11-12H,7,9-10,21H2,1-4H3,(H,22,23,24);2-5,9-10H,6-8H2,1H3,(H2,16,17);2-5,10-11H,6-9H2,1H3;2-5,9-10,16H,6-8,15H2,1H3/t19-,20+,30+;2*11-,12+,19+;9-,10+,14+;10-,11+,14+;9-,10+,13+/m111111/s1. The molecule has 0 spiro atoms. The number of nitro benzene ring substituents is 1. The maximum atomic E-state index is 14.9. The van der Waals surface area contributed by atoms with Gasteiger partial charge in [0, 0.05) is 105 Å². The van der Waals surface area contributed by atoms with E-state index in [-0.39, 0.29) is 108 Å². The molecule has 19 rings (SSSR count). The summed E-state index contributed by atoms with van der Waals surface area (Å²) in [6, 6.07) is 52.1. The van der Waals surface area contributed by atoms with Crippen LogP contribution < -0.4 is 33.2 Å². The zero-order valence-electron chi connectivity index (χ0n) is 81.7. The molecule has 8 aromatic carbocycles. The number of benzene rings is 8. The molecule has 1 saturated heterocycles. The van der Waals surface area contributed by atoms with E-state index in [1.165, 1.54) is 60.3 Å². The number of thioether (sulfide) groups is 3. The maximum Gasteiger partial charge on any atom is 0.413 e. The number of thiocarbonyl (C=S) groups is 1. The molecule has 11 N–H and O–H groups in total. The average molecular weight is 2000 g/mol. The molecule has 140 heavy (non-hydrogen) atoms. The predicted octanol–water partition coefficient (Wildman–Crippen LogP) is 23.5. The molecule has 21 nitrogen and oxygen atoms in total. The van der Waals surface area contributed by atoms with E-state index in [0.717, 1.165) is 121 Å². The number of aliphatic imine (C=N–C) groups is 3. The minimum atomic E-state index is -0.925. The molecular formula is C109H132F6N10O11S4. The first-order valence-corrected chi connectivity index (χ1v) is 52.0. The number of fused-ring (bicyclic) bond motifs is 7. The Kier molecular flexibility index (Phi) is 33.4. The highest BCUT2D eigenvalue weighted by molar-refractivity contribution is 8.14. The van der Waals surface area contributed by atoms with Gasteiger partial charge in [0.25, 0.3) is 5.69 Å². The van der Waals surface area contributed by atoms with E-state index >= 15 is 0 Å². The van der Waals surface area contributed by atoms with Crippen LogP contribution in [0.2, 0.25) is 0 Å². The lowest BCUT2D eigenvalue weighted by molar-refractivity contribution is -0.385. The number of alkyl carbamates (subject to hydrolysis) is 3. The first kappa shape index (κ1) is 106. The van der Waals surface area contributed by atoms with E-state index in [1.807, 2.05) is 48.5 Å². The van der Waals surface area contributed by atoms with Gasteiger partial charge in [-0.25, -0.2) is 40.7 Å². The number of ether oxygens (including phenoxy) is 4. The number of nitro groups is 1. The molecule has 11 aliphatic rings. The van der Waals surface area contributed by atoms with Crippen LogP contribution in [0.1, 0.15) is 217 Å². The Morgan fingerprint density at radius 1 is 0.493 bits per heavy atom. The summed E-state index contributed by atoms with van der Waals surface area (Å²) in [7, 11) is 0. The van der Waals surface area contributed by atoms with Gasteiger partial charge in [0.05, 0.1) is 39.7 Å². The van der Waals surface area contributed by atoms with Gasteiger partial charge in [0.2, 0.25) is 0 Å². The molecule has 4 aliphatic heterocycles. The number of nitrogen functional groups attached to an aromatic ring is 1. The number of nitrogens with zero attached hydrogens (tertiary/aromatic N) is 4. The van der Waals surface area contributed by atoms with Crippen molar-refractivity contribution in [2.45, 2.75) is 217 Å². The molecule has 18 atom stereocenters. The van der Waals surface area contributed by atoms with E-state index < -0.39 is 67.8 Å². The summed E-state index contributed by atoms with van der Waals surface area (Å²) in [6.07, 6.45) is 8.92. The highest BCUT2D eigenvalue weighted by Crippen LogP contribution is 2.60. The largest absolute Gasteiger partial charge is 0.448 e. The summed E-state index contributed by atoms with van der Waals surface area (Å²) in [5, 5.41) is 40.3. The predicted molar refractivity (Wildman–Crippen MR) is 548 cm³/mol. The van der Waals surface area contributed by atoms with Crippen LogP contribution in [0.3, 0.4) is 0 Å². The monoisotopic (exact) mass is 2000 g/mol. The third-order valence-electron chi connectivity index (χ3n) is 29.7. The topological polar surface area (TPSA) is 323 Å². The number of halogens is 6. The quantitative estimate of drug-likeness (QED) is 0.0133. The number of carbonyl (C=O) groups is 3. The van der Waals surface area contributed by atoms with E-state index in [0.29, 0.717) is 109 Å². The highest BCUT2D eigenvalue weighted by atomic mass is 32.2. The Balaban J connectivity index is 0.000000137. The number of carbonyl (C=O) groups excluding carboxylic acids is 3. The van der Waals surface area contributed by atoms with E-state index in [9.17, 15) is 61.1 Å². The molecule has 8 aromatic rings. The molecule has 3 amide bonds. The summed E-state index contributed by atoms with van der Waals surface area (Å²) < 4.78 is 108. The number of nitrogens with one attached hydrogen (secondary N) is 3. The Morgan fingerprint density at radius 3 is 1.41 bits per heavy atom. The number of nitrogens with two attached hydrogens (primary N) is 3. The average Bonchev–Trinajstić information content (AvgIpc) is 1.58. The minimum absolute atomic E-state index is 0.0230. The zero-order chi connectivity index (χ0) is 101. The number of amidine groups is 3. The van der Waals surface area contributed by atoms with Crippen LogP contribution in [0.4, 0.5) is 52.1 Å². The van der Waals surface area contributed by atoms with Gasteiger partial charge < -0.3 is 46.4 Å². The molecule has 31 heteroatoms. The number of amides is 3. The maximum absolute atomic E-state index is 14.9. The first-order valence-electron chi connectivity index (χ1n) is 48.6. The smallest absolute Gasteiger partial charge is 0.413 e. The number of anilines is 1. The van der Waals surface area contributed by atoms with E-state index in [4.69, 9.17) is 58.4 Å². The first-order chi connectivity index (χ1) is 66.4. The van der Waals surface area contributed by atoms with Crippen molar-refractivity contribution in [1.29, 1.82) is 0 Å². The van der Waals surface area contributed by atoms with Crippen molar-refractivity contribution < 1.29 is 74.8 Å². The molecule has 0 aromatic heterocycles. The van der Waals surface area contributed by atoms with Crippen molar-refractivity contribution in [3.05, 3.63) is 272 Å². The van der Waals surface area contributed by atoms with Crippen LogP contribution in [0.15, 0.2) is 197 Å². The highest BCUT2D eigenvalue weighted by Gasteiger charge is 2.57. The zero-order valence-corrected chi connectivity index (χ0v) is 84.9. The Labute approximate surface area is 835 Å². The normalized spacial score (nSPS) is 29.2. The van der Waals surface area contributed by atoms with Crippen molar-refractivity contribution >= 4 is 97.6 Å². The fourth-order valence-corrected chi connectivity index (χ4v) is 28.0. The van der Waals surface area contributed by atoms with Gasteiger partial charge in [-0.15, -0.1) is 0 Å². The molecule has 0 bridgehead atoms. The van der Waals surface area contributed by atoms with E-state index in [2.05, 4.69) is 86.8 Å². The molecule has 7 fully saturated rings. The number of aliphatic hydroxyl groups is 2. The third kappa shape index (κ3) is 23.5. The summed E-state index contributed by atoms with van der Waals surface area (Å²) in [5.74, 6) is 4.39. The SMILES string of the molecule is C[C@@H]1C[C@@H](CO)[C@](CC(=S)NC(=O)OCC2c3ccccc3-c3ccccc32)(c2ccccc2F)C1.C[C@@H]1C[C@@H](CO)[C@](N)(c2ccccc2F)C1.C[C@@H]1C[C@H]2COC[C@@]2(c2ccccc2F)C1.C[C@@H]1C[C@H]2CSC(N)=N[C@@]2(c2ccccc2F)C1.C[C@@H]1C[C@H]2CSC(NC(=O)OC(C)(C)C)=N[C@@]2(c2cc(N)ccc2F)C1.C[C@@H]1C[C@H]2CSC(NC(=O)OC(C)(C)C)=N[C@@]2(c2cc([N+](=O)[O-])ccc2F)C1. The molecular weight excluding hydrogens is 1870 g/mol. The van der Waals surface area contributed by atoms with Crippen LogP contribution >= 0.6 is 47.5 Å². The van der Waals surface area contributed by atoms with Crippen LogP contribution in [0.5, 0.6) is 0 Å². The lowest BCUT2D eigenvalue weighted by Crippen LogP contribution is -2.42. The minimum Gasteiger partial charge on any atom is -0.448 e. The van der Waals surface area contributed by atoms with Crippen LogP contribution in [0.25, 0.3) is 11.1 Å². The number of hydrogen-bond donors (Lipinski definition) is 8. The second-order valence-electron chi connectivity index (χ2n) is 42.6. The van der Waals surface area contributed by atoms with Crippen molar-refractivity contribution in [2.24, 2.45) is 97.5 Å². The summed E-state index contributed by atoms with van der Waals surface area (Å²) in [5.41, 5.74) is 21.8. The van der Waals surface area contributed by atoms with Gasteiger partial charge in [-0.1, -0.05) is 210 Å². The Morgan fingerprint density at radius 2 is 0.907 bits per heavy atom. The summed E-state index contributed by atoms with van der Waals surface area (Å²) in [6.45, 7) is 25.3. The molecule has 4 heterocycles. The van der Waals surface area contributed by atoms with Gasteiger partial charge in [0.1, 0.15) is 52.7 Å². The molecule has 6 saturated carbocycles. The second-order valence-corrected chi connectivity index (χ2v) is 46.1. The third-order valence-corrected chi connectivity index (χ3v) is 33.0. The van der Waals surface area contributed by atoms with Crippen molar-refractivity contribution in [1.82, 2.24) is 16.0 Å². The van der Waals surface area contributed by atoms with Gasteiger partial charge in [-0.2, -0.15) is 0 Å². The van der Waals surface area contributed by atoms with Crippen LogP contribution in [-0.2, 0) is 51.9 Å². The van der Waals surface area contributed by atoms with Gasteiger partial charge in [-0.3, -0.25) is 41.0 Å². The molecule has 0 unspecified atom stereocenters. The van der Waals surface area contributed by atoms with Crippen molar-refractivity contribution in [2.75, 3.05) is 56.0 Å². The van der Waals surface area contributed by atoms with Crippen LogP contribution in [-0.4, -0.2) is 115 Å². The number of non-ortho nitro benzene ring substituents is 1. The van der Waals surface area contributed by atoms with Crippen molar-refractivity contribution in [3.63, 3.8) is 0 Å². The fraction of sp³-hybridized carbons (Fsp3) is 0.495. The molecule has 7 aliphatic carbocycles. The second kappa shape index (κ2) is 44.2. The van der Waals surface area contributed by atoms with Crippen molar-refractivity contribution in [3.8, 4) is 11.1 Å². The summed E-state index contributed by atoms with van der Waals surface area (Å²) in [4.78, 5) is 62.3. The summed E-state index contributed by atoms with van der Waals surface area (Å²) >= 11 is 10.1.